The predicted octanol–water partition coefficient (Wildman–Crippen LogP) is 2.97. The van der Waals surface area contributed by atoms with Gasteiger partial charge in [0.1, 0.15) is 12.4 Å². The maximum Gasteiger partial charge on any atom is 0.302 e. The van der Waals surface area contributed by atoms with Crippen LogP contribution in [-0.4, -0.2) is 18.4 Å². The Morgan fingerprint density at radius 2 is 2.11 bits per heavy atom. The number of fused-ring (bicyclic) bond motifs is 1. The van der Waals surface area contributed by atoms with Crippen LogP contribution in [0.15, 0.2) is 0 Å². The summed E-state index contributed by atoms with van der Waals surface area (Å²) in [6.07, 6.45) is 6.61. The second kappa shape index (κ2) is 5.02. The van der Waals surface area contributed by atoms with Crippen molar-refractivity contribution >= 4 is 12.3 Å². The average molecular weight is 252 g/mol. The van der Waals surface area contributed by atoms with Gasteiger partial charge in [0.25, 0.3) is 0 Å². The van der Waals surface area contributed by atoms with Crippen LogP contribution in [0.1, 0.15) is 52.9 Å². The van der Waals surface area contributed by atoms with Gasteiger partial charge in [0.2, 0.25) is 0 Å². The van der Waals surface area contributed by atoms with Crippen LogP contribution in [0, 0.1) is 23.2 Å². The van der Waals surface area contributed by atoms with Crippen LogP contribution >= 0.6 is 0 Å². The Hall–Kier alpha value is -0.860. The molecule has 3 nitrogen and oxygen atoms in total. The molecule has 0 saturated heterocycles. The Kier molecular flexibility index (Phi) is 3.79. The smallest absolute Gasteiger partial charge is 0.302 e. The van der Waals surface area contributed by atoms with E-state index in [0.717, 1.165) is 38.4 Å². The van der Waals surface area contributed by atoms with Crippen molar-refractivity contribution in [3.05, 3.63) is 0 Å². The summed E-state index contributed by atoms with van der Waals surface area (Å²) in [5.41, 5.74) is 0.179. The molecule has 0 amide bonds. The first-order valence-corrected chi connectivity index (χ1v) is 7.11. The van der Waals surface area contributed by atoms with E-state index in [4.69, 9.17) is 4.74 Å². The maximum atomic E-state index is 11.2. The number of hydrogen-bond acceptors (Lipinski definition) is 3. The molecule has 18 heavy (non-hydrogen) atoms. The molecule has 2 fully saturated rings. The molecule has 0 N–H and O–H groups in total. The van der Waals surface area contributed by atoms with Gasteiger partial charge in [-0.15, -0.1) is 0 Å². The first-order valence-electron chi connectivity index (χ1n) is 7.11. The van der Waals surface area contributed by atoms with Crippen LogP contribution in [0.2, 0.25) is 0 Å². The molecule has 2 aliphatic carbocycles. The number of carbonyl (C=O) groups is 2. The number of aldehydes is 1. The topological polar surface area (TPSA) is 43.4 Å². The van der Waals surface area contributed by atoms with Gasteiger partial charge in [0.05, 0.1) is 0 Å². The van der Waals surface area contributed by atoms with E-state index in [1.165, 1.54) is 6.92 Å². The minimum Gasteiger partial charge on any atom is -0.462 e. The van der Waals surface area contributed by atoms with Gasteiger partial charge in [-0.3, -0.25) is 4.79 Å². The SMILES string of the molecule is CC(=O)OC1CCCC2(C)C(C(C)C=O)CCC12. The normalized spacial score (nSPS) is 40.9. The van der Waals surface area contributed by atoms with Gasteiger partial charge in [0.15, 0.2) is 0 Å². The molecule has 2 saturated carbocycles. The summed E-state index contributed by atoms with van der Waals surface area (Å²) in [5.74, 6) is 0.855. The highest BCUT2D eigenvalue weighted by Gasteiger charge is 2.53. The molecule has 0 aromatic carbocycles. The van der Waals surface area contributed by atoms with Crippen molar-refractivity contribution in [1.29, 1.82) is 0 Å². The molecule has 0 aromatic rings. The number of ether oxygens (including phenoxy) is 1. The quantitative estimate of drug-likeness (QED) is 0.573. The Labute approximate surface area is 109 Å². The summed E-state index contributed by atoms with van der Waals surface area (Å²) in [7, 11) is 0. The van der Waals surface area contributed by atoms with E-state index in [-0.39, 0.29) is 23.4 Å². The summed E-state index contributed by atoms with van der Waals surface area (Å²) in [4.78, 5) is 22.3. The molecule has 2 rings (SSSR count). The van der Waals surface area contributed by atoms with E-state index >= 15 is 0 Å². The molecule has 102 valence electrons. The first-order chi connectivity index (χ1) is 8.49. The largest absolute Gasteiger partial charge is 0.462 e. The lowest BCUT2D eigenvalue weighted by Crippen LogP contribution is -2.43. The van der Waals surface area contributed by atoms with Crippen LogP contribution in [-0.2, 0) is 14.3 Å². The number of rotatable bonds is 3. The average Bonchev–Trinajstić information content (AvgIpc) is 2.66. The van der Waals surface area contributed by atoms with E-state index in [0.29, 0.717) is 11.8 Å². The third-order valence-electron chi connectivity index (χ3n) is 5.30. The third kappa shape index (κ3) is 2.19. The Bertz CT molecular complexity index is 339. The highest BCUT2D eigenvalue weighted by atomic mass is 16.5. The Morgan fingerprint density at radius 3 is 2.72 bits per heavy atom. The number of carbonyl (C=O) groups excluding carboxylic acids is 2. The van der Waals surface area contributed by atoms with Crippen LogP contribution in [0.25, 0.3) is 0 Å². The highest BCUT2D eigenvalue weighted by Crippen LogP contribution is 2.58. The van der Waals surface area contributed by atoms with Crippen molar-refractivity contribution < 1.29 is 14.3 Å². The Morgan fingerprint density at radius 1 is 1.39 bits per heavy atom. The second-order valence-electron chi connectivity index (χ2n) is 6.33. The fourth-order valence-electron chi connectivity index (χ4n) is 4.47. The van der Waals surface area contributed by atoms with Gasteiger partial charge in [-0.05, 0) is 43.4 Å². The summed E-state index contributed by atoms with van der Waals surface area (Å²) in [6.45, 7) is 5.82. The molecular weight excluding hydrogens is 228 g/mol. The molecule has 0 spiro atoms. The summed E-state index contributed by atoms with van der Waals surface area (Å²) < 4.78 is 5.50. The summed E-state index contributed by atoms with van der Waals surface area (Å²) >= 11 is 0. The van der Waals surface area contributed by atoms with Crippen molar-refractivity contribution in [2.45, 2.75) is 59.0 Å². The summed E-state index contributed by atoms with van der Waals surface area (Å²) in [5, 5.41) is 0. The lowest BCUT2D eigenvalue weighted by atomic mass is 9.62. The molecular formula is C15H24O3. The second-order valence-corrected chi connectivity index (χ2v) is 6.33. The minimum absolute atomic E-state index is 0.0742. The lowest BCUT2D eigenvalue weighted by molar-refractivity contribution is -0.155. The Balaban J connectivity index is 2.17. The zero-order valence-corrected chi connectivity index (χ0v) is 11.6. The van der Waals surface area contributed by atoms with E-state index in [1.54, 1.807) is 0 Å². The third-order valence-corrected chi connectivity index (χ3v) is 5.30. The van der Waals surface area contributed by atoms with E-state index < -0.39 is 0 Å². The van der Waals surface area contributed by atoms with Crippen LogP contribution < -0.4 is 0 Å². The molecule has 5 unspecified atom stereocenters. The monoisotopic (exact) mass is 252 g/mol. The maximum absolute atomic E-state index is 11.2. The van der Waals surface area contributed by atoms with Crippen molar-refractivity contribution in [2.24, 2.45) is 23.2 Å². The van der Waals surface area contributed by atoms with Crippen LogP contribution in [0.3, 0.4) is 0 Å². The van der Waals surface area contributed by atoms with E-state index in [2.05, 4.69) is 6.92 Å². The molecule has 3 heteroatoms. The van der Waals surface area contributed by atoms with Crippen molar-refractivity contribution in [2.75, 3.05) is 0 Å². The van der Waals surface area contributed by atoms with Gasteiger partial charge < -0.3 is 9.53 Å². The summed E-state index contributed by atoms with van der Waals surface area (Å²) in [6, 6.07) is 0. The molecule has 0 aliphatic heterocycles. The van der Waals surface area contributed by atoms with E-state index in [1.807, 2.05) is 6.92 Å². The first kappa shape index (κ1) is 13.6. The van der Waals surface area contributed by atoms with Crippen molar-refractivity contribution in [1.82, 2.24) is 0 Å². The minimum atomic E-state index is -0.170. The van der Waals surface area contributed by atoms with Gasteiger partial charge in [-0.25, -0.2) is 0 Å². The zero-order valence-electron chi connectivity index (χ0n) is 11.6. The molecule has 0 radical (unpaired) electrons. The fraction of sp³-hybridized carbons (Fsp3) is 0.867. The zero-order chi connectivity index (χ0) is 13.3. The number of hydrogen-bond donors (Lipinski definition) is 0. The van der Waals surface area contributed by atoms with Crippen molar-refractivity contribution in [3.63, 3.8) is 0 Å². The van der Waals surface area contributed by atoms with Gasteiger partial charge in [0, 0.05) is 18.8 Å². The van der Waals surface area contributed by atoms with E-state index in [9.17, 15) is 9.59 Å². The van der Waals surface area contributed by atoms with Crippen LogP contribution in [0.4, 0.5) is 0 Å². The standard InChI is InChI=1S/C15H24O3/c1-10(9-16)12-6-7-13-14(18-11(2)17)5-4-8-15(12,13)3/h9-10,12-14H,4-8H2,1-3H3. The molecule has 2 aliphatic rings. The number of esters is 1. The van der Waals surface area contributed by atoms with Gasteiger partial charge in [-0.1, -0.05) is 13.8 Å². The molecule has 0 aromatic heterocycles. The molecule has 0 bridgehead atoms. The van der Waals surface area contributed by atoms with Crippen LogP contribution in [0.5, 0.6) is 0 Å². The molecule has 0 heterocycles. The molecule has 5 atom stereocenters. The highest BCUT2D eigenvalue weighted by molar-refractivity contribution is 5.66. The fourth-order valence-corrected chi connectivity index (χ4v) is 4.47. The van der Waals surface area contributed by atoms with Gasteiger partial charge >= 0.3 is 5.97 Å². The van der Waals surface area contributed by atoms with Crippen molar-refractivity contribution in [3.8, 4) is 0 Å². The predicted molar refractivity (Wildman–Crippen MR) is 69.0 cm³/mol. The lowest BCUT2D eigenvalue weighted by Gasteiger charge is -2.45. The van der Waals surface area contributed by atoms with Gasteiger partial charge in [-0.2, -0.15) is 0 Å².